The number of morpholine rings is 1. The molecule has 2 saturated heterocycles. The molecule has 1 N–H and O–H groups in total. The smallest absolute Gasteiger partial charge is 0.261 e. The van der Waals surface area contributed by atoms with Gasteiger partial charge in [-0.1, -0.05) is 0 Å². The van der Waals surface area contributed by atoms with Crippen molar-refractivity contribution in [3.05, 3.63) is 16.6 Å². The first-order chi connectivity index (χ1) is 15.5. The van der Waals surface area contributed by atoms with Gasteiger partial charge in [0.2, 0.25) is 0 Å². The van der Waals surface area contributed by atoms with Gasteiger partial charge in [-0.05, 0) is 65.4 Å². The Bertz CT molecular complexity index is 933. The number of hydrogen-bond acceptors (Lipinski definition) is 6. The second-order valence-corrected chi connectivity index (χ2v) is 10.9. The molecule has 2 aromatic heterocycles. The molecule has 0 unspecified atom stereocenters. The fraction of sp³-hybridized carbons (Fsp3) is 0.750. The monoisotopic (exact) mass is 460 g/mol. The Labute approximate surface area is 194 Å². The summed E-state index contributed by atoms with van der Waals surface area (Å²) in [5.41, 5.74) is 1.01. The van der Waals surface area contributed by atoms with Crippen LogP contribution in [0.2, 0.25) is 0 Å². The van der Waals surface area contributed by atoms with Crippen molar-refractivity contribution in [2.24, 2.45) is 0 Å². The maximum absolute atomic E-state index is 13.1. The number of aryl methyl sites for hydroxylation is 1. The van der Waals surface area contributed by atoms with E-state index in [9.17, 15) is 4.79 Å². The van der Waals surface area contributed by atoms with Crippen molar-refractivity contribution < 1.29 is 14.3 Å². The van der Waals surface area contributed by atoms with Crippen LogP contribution in [-0.4, -0.2) is 71.2 Å². The maximum atomic E-state index is 13.1. The van der Waals surface area contributed by atoms with Crippen LogP contribution in [0.1, 0.15) is 73.8 Å². The van der Waals surface area contributed by atoms with Gasteiger partial charge < -0.3 is 14.8 Å². The fourth-order valence-corrected chi connectivity index (χ4v) is 6.86. The molecule has 0 bridgehead atoms. The minimum atomic E-state index is 0.0706. The third-order valence-electron chi connectivity index (χ3n) is 7.32. The highest BCUT2D eigenvalue weighted by Gasteiger charge is 2.32. The largest absolute Gasteiger partial charge is 0.381 e. The molecule has 0 aromatic carbocycles. The number of fused-ring (bicyclic) bond motifs is 1. The van der Waals surface area contributed by atoms with Gasteiger partial charge >= 0.3 is 0 Å². The van der Waals surface area contributed by atoms with E-state index in [1.54, 1.807) is 11.3 Å². The Balaban J connectivity index is 1.20. The molecule has 3 aliphatic rings. The van der Waals surface area contributed by atoms with Crippen molar-refractivity contribution in [1.82, 2.24) is 20.0 Å². The van der Waals surface area contributed by atoms with E-state index in [0.717, 1.165) is 85.6 Å². The summed E-state index contributed by atoms with van der Waals surface area (Å²) in [4.78, 5) is 17.6. The summed E-state index contributed by atoms with van der Waals surface area (Å²) in [5, 5.41) is 9.22. The number of hydrogen-bond donors (Lipinski definition) is 1. The standard InChI is InChI=1S/C24H36N4O3S/c1-15-13-27(14-16(2)31-15)19-6-4-18(5-7-19)25-23(29)22-12-21-17(3)26-28(24(21)32-22)20-8-10-30-11-9-20/h12,15-16,18-20H,4-11,13-14H2,1-3H3,(H,25,29)/t15-,16+,18?,19?. The topological polar surface area (TPSA) is 68.6 Å². The molecule has 8 heteroatoms. The van der Waals surface area contributed by atoms with E-state index >= 15 is 0 Å². The summed E-state index contributed by atoms with van der Waals surface area (Å²) in [6.07, 6.45) is 6.99. The van der Waals surface area contributed by atoms with Crippen molar-refractivity contribution in [3.8, 4) is 0 Å². The van der Waals surface area contributed by atoms with E-state index in [4.69, 9.17) is 14.6 Å². The van der Waals surface area contributed by atoms with Gasteiger partial charge in [0, 0.05) is 43.8 Å². The third-order valence-corrected chi connectivity index (χ3v) is 8.45. The van der Waals surface area contributed by atoms with Gasteiger partial charge in [0.25, 0.3) is 5.91 Å². The molecule has 3 fully saturated rings. The fourth-order valence-electron chi connectivity index (χ4n) is 5.72. The van der Waals surface area contributed by atoms with Crippen molar-refractivity contribution in [3.63, 3.8) is 0 Å². The zero-order valence-corrected chi connectivity index (χ0v) is 20.3. The SMILES string of the molecule is Cc1nn(C2CCOCC2)c2sc(C(=O)NC3CCC(N4C[C@@H](C)O[C@@H](C)C4)CC3)cc12. The first kappa shape index (κ1) is 22.3. The van der Waals surface area contributed by atoms with Crippen LogP contribution in [0.4, 0.5) is 0 Å². The van der Waals surface area contributed by atoms with E-state index in [-0.39, 0.29) is 11.9 Å². The lowest BCUT2D eigenvalue weighted by molar-refractivity contribution is -0.0845. The lowest BCUT2D eigenvalue weighted by atomic mass is 9.89. The highest BCUT2D eigenvalue weighted by atomic mass is 32.1. The minimum absolute atomic E-state index is 0.0706. The molecule has 0 radical (unpaired) electrons. The van der Waals surface area contributed by atoms with Crippen molar-refractivity contribution in [2.75, 3.05) is 26.3 Å². The van der Waals surface area contributed by atoms with Crippen LogP contribution in [0.15, 0.2) is 6.07 Å². The predicted molar refractivity (Wildman–Crippen MR) is 127 cm³/mol. The number of nitrogens with one attached hydrogen (secondary N) is 1. The Morgan fingerprint density at radius 1 is 1.06 bits per heavy atom. The summed E-state index contributed by atoms with van der Waals surface area (Å²) < 4.78 is 13.6. The quantitative estimate of drug-likeness (QED) is 0.749. The lowest BCUT2D eigenvalue weighted by Gasteiger charge is -2.42. The number of amides is 1. The second-order valence-electron chi connectivity index (χ2n) is 9.89. The second kappa shape index (κ2) is 9.41. The van der Waals surface area contributed by atoms with E-state index in [2.05, 4.69) is 28.7 Å². The Morgan fingerprint density at radius 2 is 1.75 bits per heavy atom. The van der Waals surface area contributed by atoms with Crippen LogP contribution in [0.3, 0.4) is 0 Å². The van der Waals surface area contributed by atoms with Crippen molar-refractivity contribution in [1.29, 1.82) is 0 Å². The molecule has 1 amide bonds. The molecule has 0 spiro atoms. The van der Waals surface area contributed by atoms with Crippen LogP contribution >= 0.6 is 11.3 Å². The van der Waals surface area contributed by atoms with Crippen LogP contribution in [0.5, 0.6) is 0 Å². The van der Waals surface area contributed by atoms with Gasteiger partial charge in [-0.3, -0.25) is 14.4 Å². The van der Waals surface area contributed by atoms with Crippen LogP contribution in [0.25, 0.3) is 10.2 Å². The van der Waals surface area contributed by atoms with Gasteiger partial charge in [0.05, 0.1) is 28.8 Å². The van der Waals surface area contributed by atoms with Gasteiger partial charge in [-0.25, -0.2) is 0 Å². The molecule has 32 heavy (non-hydrogen) atoms. The zero-order valence-electron chi connectivity index (χ0n) is 19.5. The number of carbonyl (C=O) groups excluding carboxylic acids is 1. The number of nitrogens with zero attached hydrogens (tertiary/aromatic N) is 3. The predicted octanol–water partition coefficient (Wildman–Crippen LogP) is 3.91. The average Bonchev–Trinajstić information content (AvgIpc) is 3.35. The van der Waals surface area contributed by atoms with Gasteiger partial charge in [0.15, 0.2) is 0 Å². The van der Waals surface area contributed by atoms with E-state index < -0.39 is 0 Å². The van der Waals surface area contributed by atoms with E-state index in [0.29, 0.717) is 24.3 Å². The molecule has 5 rings (SSSR count). The summed E-state index contributed by atoms with van der Waals surface area (Å²) >= 11 is 1.58. The Kier molecular flexibility index (Phi) is 6.56. The lowest BCUT2D eigenvalue weighted by Crippen LogP contribution is -2.52. The highest BCUT2D eigenvalue weighted by Crippen LogP contribution is 2.33. The summed E-state index contributed by atoms with van der Waals surface area (Å²) in [6.45, 7) is 10.0. The van der Waals surface area contributed by atoms with Crippen LogP contribution < -0.4 is 5.32 Å². The van der Waals surface area contributed by atoms with Gasteiger partial charge in [0.1, 0.15) is 4.83 Å². The van der Waals surface area contributed by atoms with E-state index in [1.807, 2.05) is 13.0 Å². The third kappa shape index (κ3) is 4.60. The first-order valence-electron chi connectivity index (χ1n) is 12.2. The van der Waals surface area contributed by atoms with Gasteiger partial charge in [-0.15, -0.1) is 11.3 Å². The normalized spacial score (nSPS) is 30.6. The summed E-state index contributed by atoms with van der Waals surface area (Å²) in [6, 6.07) is 3.30. The molecular formula is C24H36N4O3S. The van der Waals surface area contributed by atoms with Crippen molar-refractivity contribution >= 4 is 27.5 Å². The molecule has 7 nitrogen and oxygen atoms in total. The summed E-state index contributed by atoms with van der Waals surface area (Å²) in [7, 11) is 0. The molecule has 4 heterocycles. The number of thiophene rings is 1. The summed E-state index contributed by atoms with van der Waals surface area (Å²) in [5.74, 6) is 0.0706. The highest BCUT2D eigenvalue weighted by molar-refractivity contribution is 7.20. The maximum Gasteiger partial charge on any atom is 0.261 e. The Hall–Kier alpha value is -1.48. The Morgan fingerprint density at radius 3 is 2.44 bits per heavy atom. The average molecular weight is 461 g/mol. The molecule has 2 atom stereocenters. The number of rotatable bonds is 4. The number of carbonyl (C=O) groups is 1. The van der Waals surface area contributed by atoms with Crippen molar-refractivity contribution in [2.45, 2.75) is 89.6 Å². The number of ether oxygens (including phenoxy) is 2. The minimum Gasteiger partial charge on any atom is -0.381 e. The zero-order chi connectivity index (χ0) is 22.2. The van der Waals surface area contributed by atoms with E-state index in [1.165, 1.54) is 0 Å². The molecule has 1 saturated carbocycles. The van der Waals surface area contributed by atoms with Gasteiger partial charge in [-0.2, -0.15) is 5.10 Å². The molecular weight excluding hydrogens is 424 g/mol. The van der Waals surface area contributed by atoms with Crippen LogP contribution in [-0.2, 0) is 9.47 Å². The molecule has 2 aromatic rings. The molecule has 176 valence electrons. The first-order valence-corrected chi connectivity index (χ1v) is 13.1. The molecule has 1 aliphatic carbocycles. The molecule has 2 aliphatic heterocycles. The van der Waals surface area contributed by atoms with Crippen LogP contribution in [0, 0.1) is 6.92 Å². The number of aromatic nitrogens is 2.